The smallest absolute Gasteiger partial charge is 0.168 e. The van der Waals surface area contributed by atoms with Crippen LogP contribution in [0.15, 0.2) is 24.4 Å². The summed E-state index contributed by atoms with van der Waals surface area (Å²) < 4.78 is 5.39. The minimum absolute atomic E-state index is 0.170. The van der Waals surface area contributed by atoms with E-state index in [1.54, 1.807) is 7.11 Å². The van der Waals surface area contributed by atoms with Crippen LogP contribution in [0.4, 0.5) is 0 Å². The third kappa shape index (κ3) is 1.93. The number of carbonyl (C=O) groups is 1. The fourth-order valence-corrected chi connectivity index (χ4v) is 3.25. The van der Waals surface area contributed by atoms with Crippen molar-refractivity contribution in [2.75, 3.05) is 7.11 Å². The predicted molar refractivity (Wildman–Crippen MR) is 75.7 cm³/mol. The monoisotopic (exact) mass is 257 g/mol. The van der Waals surface area contributed by atoms with Crippen LogP contribution in [0.1, 0.15) is 36.5 Å². The number of aromatic nitrogens is 1. The number of Topliss-reactive ketones (excluding diaryl/α,β-unsaturated/α-hetero) is 1. The van der Waals surface area contributed by atoms with Gasteiger partial charge in [-0.25, -0.2) is 0 Å². The van der Waals surface area contributed by atoms with Gasteiger partial charge in [0.25, 0.3) is 0 Å². The minimum atomic E-state index is 0.170. The highest BCUT2D eigenvalue weighted by atomic mass is 16.5. The number of hydrogen-bond donors (Lipinski definition) is 1. The molecule has 1 aromatic carbocycles. The maximum atomic E-state index is 12.7. The molecule has 3 nitrogen and oxygen atoms in total. The number of methoxy groups -OCH3 is 1. The molecule has 0 radical (unpaired) electrons. The lowest BCUT2D eigenvalue weighted by atomic mass is 9.89. The lowest BCUT2D eigenvalue weighted by Gasteiger charge is -2.13. The summed E-state index contributed by atoms with van der Waals surface area (Å²) in [5.74, 6) is 1.70. The van der Waals surface area contributed by atoms with E-state index in [9.17, 15) is 4.79 Å². The summed E-state index contributed by atoms with van der Waals surface area (Å²) in [5, 5.41) is 0.925. The van der Waals surface area contributed by atoms with Crippen LogP contribution >= 0.6 is 0 Å². The topological polar surface area (TPSA) is 42.1 Å². The second-order valence-corrected chi connectivity index (χ2v) is 5.46. The maximum absolute atomic E-state index is 12.7. The molecule has 3 heteroatoms. The lowest BCUT2D eigenvalue weighted by molar-refractivity contribution is 0.0898. The first kappa shape index (κ1) is 12.3. The number of fused-ring (bicyclic) bond motifs is 1. The van der Waals surface area contributed by atoms with Crippen LogP contribution < -0.4 is 4.74 Å². The third-order valence-electron chi connectivity index (χ3n) is 4.35. The Morgan fingerprint density at radius 3 is 2.89 bits per heavy atom. The summed E-state index contributed by atoms with van der Waals surface area (Å²) in [6, 6.07) is 5.82. The van der Waals surface area contributed by atoms with E-state index < -0.39 is 0 Å². The lowest BCUT2D eigenvalue weighted by Crippen LogP contribution is -2.16. The fourth-order valence-electron chi connectivity index (χ4n) is 3.25. The molecule has 2 atom stereocenters. The average molecular weight is 257 g/mol. The molecule has 19 heavy (non-hydrogen) atoms. The Labute approximate surface area is 113 Å². The molecular formula is C16H19NO2. The molecule has 1 N–H and O–H groups in total. The maximum Gasteiger partial charge on any atom is 0.168 e. The van der Waals surface area contributed by atoms with Gasteiger partial charge in [-0.1, -0.05) is 19.4 Å². The Morgan fingerprint density at radius 1 is 1.37 bits per heavy atom. The van der Waals surface area contributed by atoms with Gasteiger partial charge in [0.1, 0.15) is 5.75 Å². The molecule has 0 spiro atoms. The number of carbonyl (C=O) groups excluding carboxylic acids is 1. The van der Waals surface area contributed by atoms with E-state index in [4.69, 9.17) is 4.74 Å². The summed E-state index contributed by atoms with van der Waals surface area (Å²) in [5.41, 5.74) is 1.75. The molecule has 0 amide bonds. The number of rotatable bonds is 3. The Balaban J connectivity index is 2.07. The molecular weight excluding hydrogens is 238 g/mol. The number of aromatic amines is 1. The zero-order chi connectivity index (χ0) is 13.4. The number of benzene rings is 1. The van der Waals surface area contributed by atoms with Crippen molar-refractivity contribution in [3.8, 4) is 5.75 Å². The third-order valence-corrected chi connectivity index (χ3v) is 4.35. The zero-order valence-electron chi connectivity index (χ0n) is 11.4. The number of ketones is 1. The Kier molecular flexibility index (Phi) is 3.05. The van der Waals surface area contributed by atoms with E-state index >= 15 is 0 Å². The van der Waals surface area contributed by atoms with Gasteiger partial charge >= 0.3 is 0 Å². The quantitative estimate of drug-likeness (QED) is 0.850. The first-order valence-electron chi connectivity index (χ1n) is 6.90. The van der Waals surface area contributed by atoms with Gasteiger partial charge in [-0.15, -0.1) is 0 Å². The van der Waals surface area contributed by atoms with E-state index in [1.807, 2.05) is 24.4 Å². The Bertz CT molecular complexity index is 614. The number of H-pyrrole nitrogens is 1. The van der Waals surface area contributed by atoms with Crippen molar-refractivity contribution in [1.82, 2.24) is 4.98 Å². The van der Waals surface area contributed by atoms with Crippen molar-refractivity contribution in [2.24, 2.45) is 11.8 Å². The fraction of sp³-hybridized carbons (Fsp3) is 0.438. The number of nitrogens with one attached hydrogen (secondary N) is 1. The summed E-state index contributed by atoms with van der Waals surface area (Å²) in [7, 11) is 1.65. The van der Waals surface area contributed by atoms with Crippen LogP contribution in [0.25, 0.3) is 10.9 Å². The van der Waals surface area contributed by atoms with Gasteiger partial charge in [-0.2, -0.15) is 0 Å². The van der Waals surface area contributed by atoms with Crippen molar-refractivity contribution in [3.05, 3.63) is 30.0 Å². The van der Waals surface area contributed by atoms with Crippen LogP contribution in [0.2, 0.25) is 0 Å². The predicted octanol–water partition coefficient (Wildman–Crippen LogP) is 3.80. The van der Waals surface area contributed by atoms with Crippen molar-refractivity contribution < 1.29 is 9.53 Å². The van der Waals surface area contributed by atoms with E-state index in [2.05, 4.69) is 11.9 Å². The molecule has 1 saturated carbocycles. The largest absolute Gasteiger partial charge is 0.496 e. The number of hydrogen-bond acceptors (Lipinski definition) is 2. The summed E-state index contributed by atoms with van der Waals surface area (Å²) in [6.07, 6.45) is 5.18. The SMILES string of the molecule is COc1cccc2[nH]cc(C(=O)C3CCCC3C)c12. The first-order valence-corrected chi connectivity index (χ1v) is 6.90. The first-order chi connectivity index (χ1) is 9.22. The molecule has 1 aliphatic carbocycles. The van der Waals surface area contributed by atoms with Crippen molar-refractivity contribution >= 4 is 16.7 Å². The van der Waals surface area contributed by atoms with E-state index in [0.717, 1.165) is 41.5 Å². The molecule has 2 aromatic rings. The Hall–Kier alpha value is -1.77. The minimum Gasteiger partial charge on any atom is -0.496 e. The van der Waals surface area contributed by atoms with Gasteiger partial charge in [0.15, 0.2) is 5.78 Å². The zero-order valence-corrected chi connectivity index (χ0v) is 11.4. The molecule has 1 fully saturated rings. The van der Waals surface area contributed by atoms with Gasteiger partial charge in [-0.3, -0.25) is 4.79 Å². The van der Waals surface area contributed by atoms with Gasteiger partial charge in [0, 0.05) is 23.2 Å². The summed E-state index contributed by atoms with van der Waals surface area (Å²) >= 11 is 0. The van der Waals surface area contributed by atoms with E-state index in [1.165, 1.54) is 0 Å². The van der Waals surface area contributed by atoms with Crippen LogP contribution in [-0.2, 0) is 0 Å². The number of ether oxygens (including phenoxy) is 1. The van der Waals surface area contributed by atoms with E-state index in [0.29, 0.717) is 5.92 Å². The molecule has 1 aromatic heterocycles. The highest BCUT2D eigenvalue weighted by Gasteiger charge is 2.32. The summed E-state index contributed by atoms with van der Waals surface area (Å²) in [6.45, 7) is 2.18. The summed E-state index contributed by atoms with van der Waals surface area (Å²) in [4.78, 5) is 15.9. The molecule has 0 bridgehead atoms. The molecule has 0 aliphatic heterocycles. The molecule has 1 aliphatic rings. The van der Waals surface area contributed by atoms with Gasteiger partial charge in [0.05, 0.1) is 12.5 Å². The Morgan fingerprint density at radius 2 is 2.21 bits per heavy atom. The van der Waals surface area contributed by atoms with Crippen molar-refractivity contribution in [1.29, 1.82) is 0 Å². The molecule has 1 heterocycles. The second kappa shape index (κ2) is 4.72. The van der Waals surface area contributed by atoms with Gasteiger partial charge in [0.2, 0.25) is 0 Å². The molecule has 100 valence electrons. The van der Waals surface area contributed by atoms with Crippen LogP contribution in [0.3, 0.4) is 0 Å². The highest BCUT2D eigenvalue weighted by molar-refractivity contribution is 6.11. The average Bonchev–Trinajstić information content (AvgIpc) is 3.03. The molecule has 2 unspecified atom stereocenters. The van der Waals surface area contributed by atoms with Crippen molar-refractivity contribution in [3.63, 3.8) is 0 Å². The van der Waals surface area contributed by atoms with Crippen molar-refractivity contribution in [2.45, 2.75) is 26.2 Å². The van der Waals surface area contributed by atoms with Gasteiger partial charge in [-0.05, 0) is 30.9 Å². The van der Waals surface area contributed by atoms with Gasteiger partial charge < -0.3 is 9.72 Å². The standard InChI is InChI=1S/C16H19NO2/c1-10-5-3-6-11(10)16(18)12-9-17-13-7-4-8-14(19-2)15(12)13/h4,7-11,17H,3,5-6H2,1-2H3. The van der Waals surface area contributed by atoms with E-state index in [-0.39, 0.29) is 11.7 Å². The molecule has 3 rings (SSSR count). The van der Waals surface area contributed by atoms with Crippen LogP contribution in [-0.4, -0.2) is 17.9 Å². The molecule has 0 saturated heterocycles. The highest BCUT2D eigenvalue weighted by Crippen LogP contribution is 2.37. The second-order valence-electron chi connectivity index (χ2n) is 5.46. The normalized spacial score (nSPS) is 22.8. The van der Waals surface area contributed by atoms with Crippen LogP contribution in [0.5, 0.6) is 5.75 Å². The van der Waals surface area contributed by atoms with Crippen LogP contribution in [0, 0.1) is 11.8 Å².